The molecular formula is C16H19F3N4OS. The second kappa shape index (κ2) is 7.23. The Balaban J connectivity index is 1.72. The van der Waals surface area contributed by atoms with Crippen LogP contribution in [0.1, 0.15) is 44.6 Å². The Morgan fingerprint density at radius 2 is 2.00 bits per heavy atom. The van der Waals surface area contributed by atoms with Gasteiger partial charge in [-0.2, -0.15) is 13.2 Å². The molecule has 0 aliphatic heterocycles. The average molecular weight is 372 g/mol. The third kappa shape index (κ3) is 4.26. The predicted molar refractivity (Wildman–Crippen MR) is 88.3 cm³/mol. The average Bonchev–Trinajstić information content (AvgIpc) is 2.97. The Hall–Kier alpha value is -1.77. The van der Waals surface area contributed by atoms with Gasteiger partial charge in [-0.3, -0.25) is 9.20 Å². The molecule has 9 heteroatoms. The molecule has 1 atom stereocenters. The number of amides is 1. The molecule has 2 aromatic heterocycles. The number of aromatic nitrogens is 3. The number of halogens is 3. The summed E-state index contributed by atoms with van der Waals surface area (Å²) in [5, 5.41) is 10.6. The van der Waals surface area contributed by atoms with E-state index < -0.39 is 17.0 Å². The molecule has 2 aromatic rings. The fourth-order valence-electron chi connectivity index (χ4n) is 2.89. The zero-order valence-electron chi connectivity index (χ0n) is 13.7. The van der Waals surface area contributed by atoms with Crippen LogP contribution >= 0.6 is 11.8 Å². The Morgan fingerprint density at radius 1 is 1.28 bits per heavy atom. The summed E-state index contributed by atoms with van der Waals surface area (Å²) in [5.74, 6) is -0.124. The standard InChI is InChI=1S/C16H19F3N4OS/c1-10(14(24)20-12-5-3-2-4-6-12)25-15-22-21-13-8-7-11(9-23(13)15)16(17,18)19/h7-10,12H,2-6H2,1H3,(H,20,24)/t10-/m0/s1. The number of nitrogens with zero attached hydrogens (tertiary/aromatic N) is 3. The summed E-state index contributed by atoms with van der Waals surface area (Å²) in [7, 11) is 0. The summed E-state index contributed by atoms with van der Waals surface area (Å²) in [6.45, 7) is 1.72. The third-order valence-electron chi connectivity index (χ3n) is 4.30. The minimum atomic E-state index is -4.44. The van der Waals surface area contributed by atoms with Crippen molar-refractivity contribution in [1.29, 1.82) is 0 Å². The molecule has 25 heavy (non-hydrogen) atoms. The molecule has 2 heterocycles. The molecule has 1 amide bonds. The molecule has 0 spiro atoms. The lowest BCUT2D eigenvalue weighted by molar-refractivity contribution is -0.137. The fourth-order valence-corrected chi connectivity index (χ4v) is 3.73. The summed E-state index contributed by atoms with van der Waals surface area (Å²) in [6, 6.07) is 2.43. The van der Waals surface area contributed by atoms with Crippen LogP contribution in [0.2, 0.25) is 0 Å². The van der Waals surface area contributed by atoms with Gasteiger partial charge in [-0.25, -0.2) is 0 Å². The zero-order valence-corrected chi connectivity index (χ0v) is 14.5. The molecule has 1 aliphatic rings. The summed E-state index contributed by atoms with van der Waals surface area (Å²) >= 11 is 1.11. The third-order valence-corrected chi connectivity index (χ3v) is 5.36. The minimum absolute atomic E-state index is 0.124. The van der Waals surface area contributed by atoms with Crippen molar-refractivity contribution in [1.82, 2.24) is 19.9 Å². The first-order valence-corrected chi connectivity index (χ1v) is 9.11. The SMILES string of the molecule is C[C@H](Sc1nnc2ccc(C(F)(F)F)cn12)C(=O)NC1CCCCC1. The maximum Gasteiger partial charge on any atom is 0.417 e. The molecule has 136 valence electrons. The quantitative estimate of drug-likeness (QED) is 0.832. The fraction of sp³-hybridized carbons (Fsp3) is 0.562. The van der Waals surface area contributed by atoms with Crippen molar-refractivity contribution >= 4 is 23.3 Å². The van der Waals surface area contributed by atoms with Gasteiger partial charge in [0.1, 0.15) is 0 Å². The number of fused-ring (bicyclic) bond motifs is 1. The van der Waals surface area contributed by atoms with E-state index in [9.17, 15) is 18.0 Å². The van der Waals surface area contributed by atoms with E-state index in [0.29, 0.717) is 5.65 Å². The molecule has 3 rings (SSSR count). The van der Waals surface area contributed by atoms with Gasteiger partial charge in [0, 0.05) is 12.2 Å². The van der Waals surface area contributed by atoms with Crippen LogP contribution in [-0.2, 0) is 11.0 Å². The van der Waals surface area contributed by atoms with Gasteiger partial charge in [0.25, 0.3) is 0 Å². The van der Waals surface area contributed by atoms with Crippen LogP contribution in [0.25, 0.3) is 5.65 Å². The summed E-state index contributed by atoms with van der Waals surface area (Å²) in [4.78, 5) is 12.3. The van der Waals surface area contributed by atoms with Crippen molar-refractivity contribution in [2.75, 3.05) is 0 Å². The second-order valence-corrected chi connectivity index (χ2v) is 7.54. The number of hydrogen-bond acceptors (Lipinski definition) is 4. The van der Waals surface area contributed by atoms with Crippen LogP contribution < -0.4 is 5.32 Å². The van der Waals surface area contributed by atoms with Crippen molar-refractivity contribution in [2.45, 2.75) is 61.7 Å². The largest absolute Gasteiger partial charge is 0.417 e. The van der Waals surface area contributed by atoms with E-state index in [1.165, 1.54) is 16.9 Å². The van der Waals surface area contributed by atoms with Crippen molar-refractivity contribution < 1.29 is 18.0 Å². The van der Waals surface area contributed by atoms with Gasteiger partial charge in [0.15, 0.2) is 10.8 Å². The highest BCUT2D eigenvalue weighted by Gasteiger charge is 2.31. The molecule has 0 unspecified atom stereocenters. The van der Waals surface area contributed by atoms with Gasteiger partial charge in [-0.1, -0.05) is 31.0 Å². The van der Waals surface area contributed by atoms with Crippen LogP contribution in [0.15, 0.2) is 23.5 Å². The molecule has 0 bridgehead atoms. The smallest absolute Gasteiger partial charge is 0.352 e. The van der Waals surface area contributed by atoms with Crippen LogP contribution in [0, 0.1) is 0 Å². The predicted octanol–water partition coefficient (Wildman–Crippen LogP) is 3.68. The Bertz CT molecular complexity index is 755. The zero-order chi connectivity index (χ0) is 18.0. The normalized spacial score (nSPS) is 17.6. The van der Waals surface area contributed by atoms with Crippen molar-refractivity contribution in [2.24, 2.45) is 0 Å². The summed E-state index contributed by atoms with van der Waals surface area (Å²) in [5.41, 5.74) is -0.462. The van der Waals surface area contributed by atoms with Gasteiger partial charge < -0.3 is 5.32 Å². The summed E-state index contributed by atoms with van der Waals surface area (Å²) < 4.78 is 39.9. The Labute approximate surface area is 147 Å². The molecule has 0 aromatic carbocycles. The van der Waals surface area contributed by atoms with E-state index in [4.69, 9.17) is 0 Å². The molecule has 1 aliphatic carbocycles. The van der Waals surface area contributed by atoms with E-state index in [-0.39, 0.29) is 17.1 Å². The lowest BCUT2D eigenvalue weighted by atomic mass is 9.95. The molecule has 1 N–H and O–H groups in total. The van der Waals surface area contributed by atoms with Gasteiger partial charge in [-0.05, 0) is 31.9 Å². The first-order chi connectivity index (χ1) is 11.8. The van der Waals surface area contributed by atoms with Crippen LogP contribution in [0.3, 0.4) is 0 Å². The first-order valence-electron chi connectivity index (χ1n) is 8.23. The lowest BCUT2D eigenvalue weighted by Gasteiger charge is -2.24. The number of pyridine rings is 1. The van der Waals surface area contributed by atoms with E-state index in [1.54, 1.807) is 6.92 Å². The number of carbonyl (C=O) groups excluding carboxylic acids is 1. The van der Waals surface area contributed by atoms with Crippen LogP contribution in [0.5, 0.6) is 0 Å². The lowest BCUT2D eigenvalue weighted by Crippen LogP contribution is -2.40. The second-order valence-electron chi connectivity index (χ2n) is 6.23. The number of nitrogens with one attached hydrogen (secondary N) is 1. The van der Waals surface area contributed by atoms with E-state index in [0.717, 1.165) is 49.7 Å². The van der Waals surface area contributed by atoms with Crippen molar-refractivity contribution in [3.8, 4) is 0 Å². The molecular weight excluding hydrogens is 353 g/mol. The summed E-state index contributed by atoms with van der Waals surface area (Å²) in [6.07, 6.45) is 1.90. The van der Waals surface area contributed by atoms with E-state index >= 15 is 0 Å². The number of rotatable bonds is 4. The van der Waals surface area contributed by atoms with E-state index in [1.807, 2.05) is 0 Å². The maximum absolute atomic E-state index is 12.9. The molecule has 0 radical (unpaired) electrons. The van der Waals surface area contributed by atoms with Crippen LogP contribution in [-0.4, -0.2) is 31.8 Å². The van der Waals surface area contributed by atoms with E-state index in [2.05, 4.69) is 15.5 Å². The van der Waals surface area contributed by atoms with Gasteiger partial charge in [0.05, 0.1) is 10.8 Å². The minimum Gasteiger partial charge on any atom is -0.352 e. The van der Waals surface area contributed by atoms with Crippen LogP contribution in [0.4, 0.5) is 13.2 Å². The highest BCUT2D eigenvalue weighted by Crippen LogP contribution is 2.31. The highest BCUT2D eigenvalue weighted by atomic mass is 32.2. The molecule has 0 saturated heterocycles. The monoisotopic (exact) mass is 372 g/mol. The van der Waals surface area contributed by atoms with Gasteiger partial charge in [0.2, 0.25) is 5.91 Å². The van der Waals surface area contributed by atoms with Crippen molar-refractivity contribution in [3.05, 3.63) is 23.9 Å². The highest BCUT2D eigenvalue weighted by molar-refractivity contribution is 8.00. The number of hydrogen-bond donors (Lipinski definition) is 1. The van der Waals surface area contributed by atoms with Gasteiger partial charge in [-0.15, -0.1) is 10.2 Å². The first kappa shape index (κ1) is 18.0. The number of alkyl halides is 3. The topological polar surface area (TPSA) is 59.3 Å². The maximum atomic E-state index is 12.9. The van der Waals surface area contributed by atoms with Crippen molar-refractivity contribution in [3.63, 3.8) is 0 Å². The Kier molecular flexibility index (Phi) is 5.21. The number of thioether (sulfide) groups is 1. The Morgan fingerprint density at radius 3 is 2.68 bits per heavy atom. The molecule has 5 nitrogen and oxygen atoms in total. The number of carbonyl (C=O) groups is 1. The molecule has 1 saturated carbocycles. The molecule has 1 fully saturated rings. The van der Waals surface area contributed by atoms with Gasteiger partial charge >= 0.3 is 6.18 Å².